The molecule has 160 valence electrons. The molecule has 0 atom stereocenters. The molecule has 1 heterocycles. The van der Waals surface area contributed by atoms with E-state index in [4.69, 9.17) is 4.74 Å². The molecule has 0 aliphatic carbocycles. The lowest BCUT2D eigenvalue weighted by molar-refractivity contribution is -0.119. The molecule has 3 amide bonds. The summed E-state index contributed by atoms with van der Waals surface area (Å²) in [6, 6.07) is 9.98. The minimum Gasteiger partial charge on any atom is -0.452 e. The normalized spacial score (nSPS) is 12.5. The third-order valence-electron chi connectivity index (χ3n) is 5.12. The van der Waals surface area contributed by atoms with E-state index in [0.717, 1.165) is 34.6 Å². The van der Waals surface area contributed by atoms with Gasteiger partial charge in [0.05, 0.1) is 16.7 Å². The number of rotatable bonds is 8. The fourth-order valence-electron chi connectivity index (χ4n) is 3.51. The van der Waals surface area contributed by atoms with Crippen LogP contribution in [-0.2, 0) is 22.4 Å². The number of carbonyl (C=O) groups is 4. The van der Waals surface area contributed by atoms with Crippen LogP contribution in [0, 0.1) is 0 Å². The van der Waals surface area contributed by atoms with E-state index in [1.807, 2.05) is 32.0 Å². The third-order valence-corrected chi connectivity index (χ3v) is 5.12. The van der Waals surface area contributed by atoms with Gasteiger partial charge in [-0.05, 0) is 42.2 Å². The molecule has 31 heavy (non-hydrogen) atoms. The van der Waals surface area contributed by atoms with Gasteiger partial charge in [-0.2, -0.15) is 0 Å². The Labute approximate surface area is 180 Å². The molecule has 0 spiro atoms. The van der Waals surface area contributed by atoms with Crippen molar-refractivity contribution in [3.8, 4) is 0 Å². The Kier molecular flexibility index (Phi) is 6.65. The van der Waals surface area contributed by atoms with Crippen molar-refractivity contribution in [1.29, 1.82) is 0 Å². The summed E-state index contributed by atoms with van der Waals surface area (Å²) in [5.74, 6) is -2.12. The lowest BCUT2D eigenvalue weighted by Gasteiger charge is -2.14. The fraction of sp³-hybridized carbons (Fsp3) is 0.250. The molecular weight excluding hydrogens is 396 g/mol. The van der Waals surface area contributed by atoms with E-state index in [1.165, 1.54) is 24.3 Å². The van der Waals surface area contributed by atoms with Gasteiger partial charge in [-0.25, -0.2) is 4.79 Å². The van der Waals surface area contributed by atoms with Gasteiger partial charge in [0, 0.05) is 12.2 Å². The van der Waals surface area contributed by atoms with Crippen molar-refractivity contribution in [3.63, 3.8) is 0 Å². The summed E-state index contributed by atoms with van der Waals surface area (Å²) >= 11 is 0. The number of nitrogens with zero attached hydrogens (tertiary/aromatic N) is 1. The second kappa shape index (κ2) is 9.38. The number of hydrogen-bond donors (Lipinski definition) is 1. The van der Waals surface area contributed by atoms with Crippen LogP contribution in [0.2, 0.25) is 0 Å². The average Bonchev–Trinajstić information content (AvgIpc) is 3.02. The van der Waals surface area contributed by atoms with Crippen molar-refractivity contribution in [2.24, 2.45) is 0 Å². The molecule has 1 aliphatic heterocycles. The van der Waals surface area contributed by atoms with E-state index in [-0.39, 0.29) is 23.2 Å². The Hall–Kier alpha value is -3.74. The van der Waals surface area contributed by atoms with Crippen LogP contribution < -0.4 is 5.32 Å². The highest BCUT2D eigenvalue weighted by Gasteiger charge is 2.35. The van der Waals surface area contributed by atoms with Gasteiger partial charge < -0.3 is 10.1 Å². The maximum absolute atomic E-state index is 12.4. The molecule has 1 aliphatic rings. The molecule has 0 aromatic heterocycles. The van der Waals surface area contributed by atoms with E-state index in [9.17, 15) is 19.2 Å². The van der Waals surface area contributed by atoms with E-state index in [1.54, 1.807) is 0 Å². The van der Waals surface area contributed by atoms with Gasteiger partial charge in [-0.1, -0.05) is 38.1 Å². The highest BCUT2D eigenvalue weighted by Crippen LogP contribution is 2.25. The molecule has 2 aromatic carbocycles. The fourth-order valence-corrected chi connectivity index (χ4v) is 3.51. The number of esters is 1. The molecule has 2 aromatic rings. The van der Waals surface area contributed by atoms with Crippen LogP contribution in [0.1, 0.15) is 56.0 Å². The number of fused-ring (bicyclic) bond motifs is 1. The Morgan fingerprint density at radius 2 is 1.68 bits per heavy atom. The van der Waals surface area contributed by atoms with Crippen molar-refractivity contribution in [2.45, 2.75) is 26.7 Å². The first kappa shape index (κ1) is 22.0. The summed E-state index contributed by atoms with van der Waals surface area (Å²) in [4.78, 5) is 50.5. The molecule has 7 heteroatoms. The topological polar surface area (TPSA) is 92.8 Å². The van der Waals surface area contributed by atoms with E-state index < -0.39 is 30.3 Å². The van der Waals surface area contributed by atoms with Gasteiger partial charge >= 0.3 is 5.97 Å². The second-order valence-electron chi connectivity index (χ2n) is 7.05. The number of ether oxygens (including phenoxy) is 1. The molecule has 1 N–H and O–H groups in total. The summed E-state index contributed by atoms with van der Waals surface area (Å²) < 4.78 is 5.13. The van der Waals surface area contributed by atoms with Crippen molar-refractivity contribution in [2.75, 3.05) is 18.5 Å². The summed E-state index contributed by atoms with van der Waals surface area (Å²) in [6.45, 7) is 7.16. The maximum atomic E-state index is 12.4. The number of imide groups is 1. The highest BCUT2D eigenvalue weighted by molar-refractivity contribution is 6.22. The van der Waals surface area contributed by atoms with Crippen LogP contribution in [0.15, 0.2) is 49.1 Å². The van der Waals surface area contributed by atoms with Gasteiger partial charge in [0.25, 0.3) is 17.7 Å². The average molecular weight is 420 g/mol. The number of amides is 3. The zero-order chi connectivity index (χ0) is 22.5. The number of para-hydroxylation sites is 1. The second-order valence-corrected chi connectivity index (χ2v) is 7.05. The van der Waals surface area contributed by atoms with Gasteiger partial charge in [0.1, 0.15) is 0 Å². The lowest BCUT2D eigenvalue weighted by atomic mass is 10.0. The Morgan fingerprint density at radius 1 is 1.03 bits per heavy atom. The molecule has 0 unspecified atom stereocenters. The van der Waals surface area contributed by atoms with Crippen LogP contribution >= 0.6 is 0 Å². The molecule has 0 radical (unpaired) electrons. The number of anilines is 1. The van der Waals surface area contributed by atoms with Crippen molar-refractivity contribution < 1.29 is 23.9 Å². The van der Waals surface area contributed by atoms with Crippen molar-refractivity contribution in [3.05, 3.63) is 76.9 Å². The first-order valence-electron chi connectivity index (χ1n) is 10.1. The van der Waals surface area contributed by atoms with E-state index in [2.05, 4.69) is 11.9 Å². The summed E-state index contributed by atoms with van der Waals surface area (Å²) in [5, 5.41) is 2.83. The maximum Gasteiger partial charge on any atom is 0.338 e. The summed E-state index contributed by atoms with van der Waals surface area (Å²) in [6.07, 6.45) is 2.97. The molecule has 3 rings (SSSR count). The van der Waals surface area contributed by atoms with Crippen molar-refractivity contribution in [1.82, 2.24) is 4.90 Å². The Morgan fingerprint density at radius 3 is 2.29 bits per heavy atom. The number of hydrogen-bond acceptors (Lipinski definition) is 5. The van der Waals surface area contributed by atoms with Crippen LogP contribution in [0.5, 0.6) is 0 Å². The predicted molar refractivity (Wildman–Crippen MR) is 116 cm³/mol. The largest absolute Gasteiger partial charge is 0.452 e. The Balaban J connectivity index is 1.68. The number of nitrogens with one attached hydrogen (secondary N) is 1. The first-order valence-corrected chi connectivity index (χ1v) is 10.1. The van der Waals surface area contributed by atoms with Gasteiger partial charge in [0.2, 0.25) is 0 Å². The minimum absolute atomic E-state index is 0.0886. The smallest absolute Gasteiger partial charge is 0.338 e. The predicted octanol–water partition coefficient (Wildman–Crippen LogP) is 3.39. The quantitative estimate of drug-likeness (QED) is 0.401. The third kappa shape index (κ3) is 4.40. The minimum atomic E-state index is -0.750. The first-order chi connectivity index (χ1) is 14.9. The monoisotopic (exact) mass is 420 g/mol. The standard InChI is InChI=1S/C24H24N2O5/c1-4-12-26-22(28)18-11-10-17(13-19(18)23(26)29)24(30)31-14-20(27)25-21-15(5-2)8-7-9-16(21)6-3/h4,7-11,13H,1,5-6,12,14H2,2-3H3,(H,25,27). The molecule has 7 nitrogen and oxygen atoms in total. The molecule has 0 bridgehead atoms. The van der Waals surface area contributed by atoms with Crippen LogP contribution in [0.25, 0.3) is 0 Å². The summed E-state index contributed by atoms with van der Waals surface area (Å²) in [5.41, 5.74) is 3.21. The zero-order valence-corrected chi connectivity index (χ0v) is 17.6. The molecule has 0 fully saturated rings. The highest BCUT2D eigenvalue weighted by atomic mass is 16.5. The van der Waals surface area contributed by atoms with Crippen LogP contribution in [0.3, 0.4) is 0 Å². The van der Waals surface area contributed by atoms with Crippen LogP contribution in [-0.4, -0.2) is 41.7 Å². The number of aryl methyl sites for hydroxylation is 2. The number of benzene rings is 2. The molecule has 0 saturated heterocycles. The molecular formula is C24H24N2O5. The lowest BCUT2D eigenvalue weighted by Crippen LogP contribution is -2.29. The molecule has 0 saturated carbocycles. The van der Waals surface area contributed by atoms with Gasteiger partial charge in [-0.3, -0.25) is 19.3 Å². The number of carbonyl (C=O) groups excluding carboxylic acids is 4. The Bertz CT molecular complexity index is 1050. The van der Waals surface area contributed by atoms with E-state index >= 15 is 0 Å². The van der Waals surface area contributed by atoms with Gasteiger partial charge in [-0.15, -0.1) is 6.58 Å². The van der Waals surface area contributed by atoms with Gasteiger partial charge in [0.15, 0.2) is 6.61 Å². The van der Waals surface area contributed by atoms with E-state index in [0.29, 0.717) is 0 Å². The summed E-state index contributed by atoms with van der Waals surface area (Å²) in [7, 11) is 0. The SMILES string of the molecule is C=CCN1C(=O)c2ccc(C(=O)OCC(=O)Nc3c(CC)cccc3CC)cc2C1=O. The van der Waals surface area contributed by atoms with Crippen LogP contribution in [0.4, 0.5) is 5.69 Å². The van der Waals surface area contributed by atoms with Crippen molar-refractivity contribution >= 4 is 29.4 Å². The zero-order valence-electron chi connectivity index (χ0n) is 17.6.